The van der Waals surface area contributed by atoms with Gasteiger partial charge < -0.3 is 15.2 Å². The van der Waals surface area contributed by atoms with Crippen LogP contribution in [-0.2, 0) is 4.79 Å². The number of carbonyl (C=O) groups excluding carboxylic acids is 1. The van der Waals surface area contributed by atoms with Gasteiger partial charge in [0.2, 0.25) is 5.91 Å². The lowest BCUT2D eigenvalue weighted by Crippen LogP contribution is -2.38. The fourth-order valence-corrected chi connectivity index (χ4v) is 2.43. The third kappa shape index (κ3) is 3.45. The summed E-state index contributed by atoms with van der Waals surface area (Å²) in [4.78, 5) is 14.0. The molecule has 2 rings (SSSR count). The molecule has 0 bridgehead atoms. The maximum absolute atomic E-state index is 12.0. The van der Waals surface area contributed by atoms with Crippen LogP contribution in [-0.4, -0.2) is 48.8 Å². The van der Waals surface area contributed by atoms with E-state index in [-0.39, 0.29) is 18.6 Å². The molecule has 2 N–H and O–H groups in total. The highest BCUT2D eigenvalue weighted by Crippen LogP contribution is 2.23. The van der Waals surface area contributed by atoms with E-state index in [0.29, 0.717) is 18.0 Å². The highest BCUT2D eigenvalue weighted by atomic mass is 16.5. The highest BCUT2D eigenvalue weighted by molar-refractivity contribution is 5.93. The number of nitrogens with one attached hydrogen (secondary N) is 1. The number of benzene rings is 1. The second-order valence-corrected chi connectivity index (χ2v) is 4.70. The number of hydrogen-bond donors (Lipinski definition) is 2. The molecule has 104 valence electrons. The molecular weight excluding hydrogens is 244 g/mol. The van der Waals surface area contributed by atoms with E-state index < -0.39 is 0 Å². The van der Waals surface area contributed by atoms with E-state index in [4.69, 9.17) is 4.74 Å². The zero-order valence-corrected chi connectivity index (χ0v) is 11.1. The monoisotopic (exact) mass is 264 g/mol. The highest BCUT2D eigenvalue weighted by Gasteiger charge is 2.25. The summed E-state index contributed by atoms with van der Waals surface area (Å²) in [5.41, 5.74) is 0.676. The molecule has 1 aromatic rings. The van der Waals surface area contributed by atoms with Gasteiger partial charge in [-0.2, -0.15) is 0 Å². The summed E-state index contributed by atoms with van der Waals surface area (Å²) in [7, 11) is 1.58. The van der Waals surface area contributed by atoms with Crippen molar-refractivity contribution in [3.05, 3.63) is 24.3 Å². The Morgan fingerprint density at radius 1 is 1.53 bits per heavy atom. The molecule has 5 nitrogen and oxygen atoms in total. The molecule has 1 amide bonds. The van der Waals surface area contributed by atoms with Crippen molar-refractivity contribution in [3.63, 3.8) is 0 Å². The van der Waals surface area contributed by atoms with Crippen molar-refractivity contribution in [1.82, 2.24) is 4.90 Å². The van der Waals surface area contributed by atoms with Gasteiger partial charge in [0.15, 0.2) is 0 Å². The molecule has 1 aliphatic heterocycles. The average molecular weight is 264 g/mol. The number of ether oxygens (including phenoxy) is 1. The summed E-state index contributed by atoms with van der Waals surface area (Å²) >= 11 is 0. The van der Waals surface area contributed by atoms with Gasteiger partial charge in [-0.05, 0) is 31.5 Å². The molecule has 1 fully saturated rings. The van der Waals surface area contributed by atoms with E-state index in [1.807, 2.05) is 29.2 Å². The number of aliphatic hydroxyl groups is 1. The molecule has 5 heteroatoms. The quantitative estimate of drug-likeness (QED) is 0.835. The fourth-order valence-electron chi connectivity index (χ4n) is 2.43. The van der Waals surface area contributed by atoms with E-state index in [2.05, 4.69) is 5.32 Å². The molecule has 0 spiro atoms. The van der Waals surface area contributed by atoms with Crippen LogP contribution in [0.5, 0.6) is 5.75 Å². The van der Waals surface area contributed by atoms with Crippen LogP contribution in [0.15, 0.2) is 24.3 Å². The number of amides is 1. The average Bonchev–Trinajstić information content (AvgIpc) is 2.86. The van der Waals surface area contributed by atoms with Crippen molar-refractivity contribution in [1.29, 1.82) is 0 Å². The lowest BCUT2D eigenvalue weighted by atomic mass is 10.2. The number of aliphatic hydroxyl groups excluding tert-OH is 1. The molecule has 1 aliphatic rings. The minimum absolute atomic E-state index is 0.0788. The van der Waals surface area contributed by atoms with Gasteiger partial charge in [-0.15, -0.1) is 0 Å². The summed E-state index contributed by atoms with van der Waals surface area (Å²) < 4.78 is 5.19. The normalized spacial score (nSPS) is 19.4. The van der Waals surface area contributed by atoms with Crippen molar-refractivity contribution in [3.8, 4) is 5.75 Å². The number of likely N-dealkylation sites (tertiary alicyclic amines) is 1. The SMILES string of the molecule is COc1ccccc1NC(=O)CN1CCC[C@@H]1CO. The molecule has 0 aromatic heterocycles. The van der Waals surface area contributed by atoms with Crippen LogP contribution in [0, 0.1) is 0 Å². The van der Waals surface area contributed by atoms with Gasteiger partial charge in [-0.1, -0.05) is 12.1 Å². The zero-order valence-electron chi connectivity index (χ0n) is 11.1. The third-order valence-corrected chi connectivity index (χ3v) is 3.44. The molecular formula is C14H20N2O3. The lowest BCUT2D eigenvalue weighted by Gasteiger charge is -2.22. The predicted molar refractivity (Wildman–Crippen MR) is 73.3 cm³/mol. The number of carbonyl (C=O) groups is 1. The predicted octanol–water partition coefficient (Wildman–Crippen LogP) is 1.09. The van der Waals surface area contributed by atoms with Gasteiger partial charge in [0.25, 0.3) is 0 Å². The Kier molecular flexibility index (Phi) is 4.76. The molecule has 0 aliphatic carbocycles. The Hall–Kier alpha value is -1.59. The van der Waals surface area contributed by atoms with Gasteiger partial charge in [0.1, 0.15) is 5.75 Å². The van der Waals surface area contributed by atoms with Crippen LogP contribution in [0.2, 0.25) is 0 Å². The number of para-hydroxylation sites is 2. The van der Waals surface area contributed by atoms with Gasteiger partial charge in [0, 0.05) is 6.04 Å². The topological polar surface area (TPSA) is 61.8 Å². The second kappa shape index (κ2) is 6.54. The molecule has 0 saturated carbocycles. The minimum atomic E-state index is -0.0788. The Labute approximate surface area is 113 Å². The number of nitrogens with zero attached hydrogens (tertiary/aromatic N) is 1. The molecule has 0 radical (unpaired) electrons. The number of rotatable bonds is 5. The van der Waals surface area contributed by atoms with Gasteiger partial charge in [0.05, 0.1) is 25.9 Å². The van der Waals surface area contributed by atoms with Crippen molar-refractivity contribution in [2.24, 2.45) is 0 Å². The largest absolute Gasteiger partial charge is 0.495 e. The molecule has 0 unspecified atom stereocenters. The van der Waals surface area contributed by atoms with Crippen molar-refractivity contribution >= 4 is 11.6 Å². The Balaban J connectivity index is 1.94. The first-order valence-electron chi connectivity index (χ1n) is 6.52. The fraction of sp³-hybridized carbons (Fsp3) is 0.500. The maximum atomic E-state index is 12.0. The summed E-state index contributed by atoms with van der Waals surface area (Å²) in [6, 6.07) is 7.44. The van der Waals surface area contributed by atoms with E-state index in [1.165, 1.54) is 0 Å². The first-order chi connectivity index (χ1) is 9.24. The second-order valence-electron chi connectivity index (χ2n) is 4.70. The van der Waals surface area contributed by atoms with E-state index in [0.717, 1.165) is 19.4 Å². The summed E-state index contributed by atoms with van der Waals surface area (Å²) in [6.07, 6.45) is 1.99. The maximum Gasteiger partial charge on any atom is 0.238 e. The van der Waals surface area contributed by atoms with Crippen LogP contribution in [0.1, 0.15) is 12.8 Å². The molecule has 19 heavy (non-hydrogen) atoms. The van der Waals surface area contributed by atoms with Crippen LogP contribution in [0.3, 0.4) is 0 Å². The smallest absolute Gasteiger partial charge is 0.238 e. The van der Waals surface area contributed by atoms with Gasteiger partial charge >= 0.3 is 0 Å². The zero-order chi connectivity index (χ0) is 13.7. The lowest BCUT2D eigenvalue weighted by molar-refractivity contribution is -0.117. The Morgan fingerprint density at radius 3 is 3.05 bits per heavy atom. The Bertz CT molecular complexity index is 436. The van der Waals surface area contributed by atoms with Gasteiger partial charge in [-0.25, -0.2) is 0 Å². The minimum Gasteiger partial charge on any atom is -0.495 e. The van der Waals surface area contributed by atoms with E-state index in [1.54, 1.807) is 7.11 Å². The number of methoxy groups -OCH3 is 1. The summed E-state index contributed by atoms with van der Waals surface area (Å²) in [5.74, 6) is 0.570. The number of hydrogen-bond acceptors (Lipinski definition) is 4. The van der Waals surface area contributed by atoms with E-state index >= 15 is 0 Å². The number of anilines is 1. The van der Waals surface area contributed by atoms with Crippen LogP contribution >= 0.6 is 0 Å². The van der Waals surface area contributed by atoms with Crippen LogP contribution in [0.4, 0.5) is 5.69 Å². The molecule has 1 atom stereocenters. The third-order valence-electron chi connectivity index (χ3n) is 3.44. The van der Waals surface area contributed by atoms with Crippen molar-refractivity contribution in [2.45, 2.75) is 18.9 Å². The first kappa shape index (κ1) is 13.8. The Morgan fingerprint density at radius 2 is 2.32 bits per heavy atom. The standard InChI is InChI=1S/C14H20N2O3/c1-19-13-7-3-2-6-12(13)15-14(18)9-16-8-4-5-11(16)10-17/h2-3,6-7,11,17H,4-5,8-10H2,1H3,(H,15,18)/t11-/m1/s1. The molecule has 1 heterocycles. The van der Waals surface area contributed by atoms with Crippen molar-refractivity contribution in [2.75, 3.05) is 32.1 Å². The summed E-state index contributed by atoms with van der Waals surface area (Å²) in [5, 5.41) is 12.1. The summed E-state index contributed by atoms with van der Waals surface area (Å²) in [6.45, 7) is 1.29. The first-order valence-corrected chi connectivity index (χ1v) is 6.52. The molecule has 1 aromatic carbocycles. The molecule has 1 saturated heterocycles. The van der Waals surface area contributed by atoms with Crippen molar-refractivity contribution < 1.29 is 14.6 Å². The van der Waals surface area contributed by atoms with E-state index in [9.17, 15) is 9.90 Å². The van der Waals surface area contributed by atoms with Crippen LogP contribution < -0.4 is 10.1 Å². The van der Waals surface area contributed by atoms with Gasteiger partial charge in [-0.3, -0.25) is 9.69 Å². The van der Waals surface area contributed by atoms with Crippen LogP contribution in [0.25, 0.3) is 0 Å².